The normalized spacial score (nSPS) is 13.2. The highest BCUT2D eigenvalue weighted by Crippen LogP contribution is 2.20. The number of carboxylic acid groups (broad SMARTS) is 1. The maximum Gasteiger partial charge on any atom is 0.361 e. The van der Waals surface area contributed by atoms with Gasteiger partial charge in [0, 0.05) is 19.9 Å². The molecule has 0 aromatic heterocycles. The zero-order chi connectivity index (χ0) is 27.6. The van der Waals surface area contributed by atoms with Crippen LogP contribution in [0.2, 0.25) is 0 Å². The quantitative estimate of drug-likeness (QED) is 0.252. The number of rotatable bonds is 12. The van der Waals surface area contributed by atoms with Gasteiger partial charge >= 0.3 is 18.0 Å². The van der Waals surface area contributed by atoms with Gasteiger partial charge in [-0.15, -0.1) is 0 Å². The van der Waals surface area contributed by atoms with Crippen molar-refractivity contribution < 1.29 is 34.1 Å². The maximum absolute atomic E-state index is 13.1. The smallest absolute Gasteiger partial charge is 0.361 e. The molecule has 2 rings (SSSR count). The highest BCUT2D eigenvalue weighted by molar-refractivity contribution is 5.87. The first-order valence-electron chi connectivity index (χ1n) is 12.1. The van der Waals surface area contributed by atoms with Gasteiger partial charge in [0.05, 0.1) is 13.2 Å². The monoisotopic (exact) mass is 513 g/mol. The molecular formula is C27H35N3O7. The molecule has 0 bridgehead atoms. The van der Waals surface area contributed by atoms with E-state index in [4.69, 9.17) is 4.74 Å². The van der Waals surface area contributed by atoms with Gasteiger partial charge in [-0.1, -0.05) is 68.4 Å². The number of urea groups is 1. The number of amides is 3. The number of esters is 1. The minimum absolute atomic E-state index is 0.0134. The summed E-state index contributed by atoms with van der Waals surface area (Å²) in [6, 6.07) is 15.0. The first-order chi connectivity index (χ1) is 17.4. The molecule has 0 radical (unpaired) electrons. The van der Waals surface area contributed by atoms with Crippen LogP contribution in [0.4, 0.5) is 4.79 Å². The Hall–Kier alpha value is -3.92. The molecule has 2 atom stereocenters. The number of aliphatic hydroxyl groups is 1. The molecule has 37 heavy (non-hydrogen) atoms. The molecule has 2 aromatic carbocycles. The van der Waals surface area contributed by atoms with Crippen LogP contribution in [-0.4, -0.2) is 70.5 Å². The van der Waals surface area contributed by atoms with E-state index < -0.39 is 42.2 Å². The largest absolute Gasteiger partial charge is 0.480 e. The van der Waals surface area contributed by atoms with Crippen molar-refractivity contribution in [2.24, 2.45) is 5.92 Å². The van der Waals surface area contributed by atoms with Gasteiger partial charge in [-0.25, -0.2) is 14.4 Å². The van der Waals surface area contributed by atoms with Crippen LogP contribution in [0.3, 0.4) is 0 Å². The highest BCUT2D eigenvalue weighted by Gasteiger charge is 2.42. The Labute approximate surface area is 216 Å². The number of ether oxygens (including phenoxy) is 1. The maximum atomic E-state index is 13.1. The summed E-state index contributed by atoms with van der Waals surface area (Å²) in [5.74, 6) is -3.17. The third-order valence-electron chi connectivity index (χ3n) is 5.39. The van der Waals surface area contributed by atoms with Crippen LogP contribution in [0.1, 0.15) is 33.3 Å². The minimum Gasteiger partial charge on any atom is -0.480 e. The molecule has 0 aliphatic carbocycles. The molecule has 10 nitrogen and oxygen atoms in total. The third-order valence-corrected chi connectivity index (χ3v) is 5.39. The summed E-state index contributed by atoms with van der Waals surface area (Å²) in [4.78, 5) is 50.3. The summed E-state index contributed by atoms with van der Waals surface area (Å²) in [5.41, 5.74) is 0.193. The van der Waals surface area contributed by atoms with E-state index in [9.17, 15) is 29.4 Å². The van der Waals surface area contributed by atoms with Gasteiger partial charge in [0.1, 0.15) is 6.04 Å². The number of nitrogens with one attached hydrogen (secondary N) is 2. The Balaban J connectivity index is 2.20. The summed E-state index contributed by atoms with van der Waals surface area (Å²) in [6.45, 7) is 5.66. The molecule has 200 valence electrons. The Morgan fingerprint density at radius 3 is 2.11 bits per heavy atom. The van der Waals surface area contributed by atoms with Crippen LogP contribution in [0.15, 0.2) is 54.6 Å². The molecule has 0 aliphatic heterocycles. The average Bonchev–Trinajstić information content (AvgIpc) is 2.83. The number of benzene rings is 2. The van der Waals surface area contributed by atoms with Crippen LogP contribution in [-0.2, 0) is 25.5 Å². The fourth-order valence-corrected chi connectivity index (χ4v) is 3.77. The molecule has 3 amide bonds. The van der Waals surface area contributed by atoms with Crippen molar-refractivity contribution >= 4 is 23.9 Å². The Morgan fingerprint density at radius 1 is 1.00 bits per heavy atom. The molecule has 0 spiro atoms. The number of carboxylic acids is 1. The van der Waals surface area contributed by atoms with E-state index in [-0.39, 0.29) is 25.5 Å². The van der Waals surface area contributed by atoms with Crippen molar-refractivity contribution in [1.82, 2.24) is 15.5 Å². The van der Waals surface area contributed by atoms with Gasteiger partial charge in [-0.3, -0.25) is 4.79 Å². The van der Waals surface area contributed by atoms with Crippen LogP contribution >= 0.6 is 0 Å². The van der Waals surface area contributed by atoms with Gasteiger partial charge in [0.25, 0.3) is 5.72 Å². The number of carbonyl (C=O) groups excluding carboxylic acids is 3. The number of nitrogens with zero attached hydrogens (tertiary/aromatic N) is 1. The van der Waals surface area contributed by atoms with Crippen molar-refractivity contribution in [3.8, 4) is 11.1 Å². The summed E-state index contributed by atoms with van der Waals surface area (Å²) < 4.78 is 4.88. The van der Waals surface area contributed by atoms with Crippen molar-refractivity contribution in [3.63, 3.8) is 0 Å². The first kappa shape index (κ1) is 29.3. The lowest BCUT2D eigenvalue weighted by Gasteiger charge is -2.34. The number of carbonyl (C=O) groups is 4. The third kappa shape index (κ3) is 8.91. The summed E-state index contributed by atoms with van der Waals surface area (Å²) in [6.07, 6.45) is 0.0134. The lowest BCUT2D eigenvalue weighted by atomic mass is 10.0. The molecule has 0 fully saturated rings. The van der Waals surface area contributed by atoms with Crippen LogP contribution in [0, 0.1) is 5.92 Å². The predicted molar refractivity (Wildman–Crippen MR) is 137 cm³/mol. The van der Waals surface area contributed by atoms with Gasteiger partial charge in [0.15, 0.2) is 0 Å². The van der Waals surface area contributed by atoms with E-state index in [2.05, 4.69) is 10.6 Å². The zero-order valence-electron chi connectivity index (χ0n) is 21.6. The van der Waals surface area contributed by atoms with Crippen LogP contribution in [0.25, 0.3) is 11.1 Å². The molecule has 4 N–H and O–H groups in total. The molecule has 2 unspecified atom stereocenters. The Kier molecular flexibility index (Phi) is 10.6. The topological polar surface area (TPSA) is 145 Å². The second-order valence-electron chi connectivity index (χ2n) is 9.14. The minimum atomic E-state index is -2.50. The zero-order valence-corrected chi connectivity index (χ0v) is 21.6. The number of aliphatic carboxylic acids is 1. The molecule has 0 aliphatic rings. The van der Waals surface area contributed by atoms with E-state index >= 15 is 0 Å². The fourth-order valence-electron chi connectivity index (χ4n) is 3.77. The Morgan fingerprint density at radius 2 is 1.59 bits per heavy atom. The van der Waals surface area contributed by atoms with Crippen LogP contribution < -0.4 is 10.6 Å². The van der Waals surface area contributed by atoms with E-state index in [1.54, 1.807) is 12.1 Å². The molecule has 0 saturated heterocycles. The molecule has 0 saturated carbocycles. The van der Waals surface area contributed by atoms with E-state index in [0.29, 0.717) is 5.56 Å². The second kappa shape index (κ2) is 13.4. The van der Waals surface area contributed by atoms with Gasteiger partial charge in [-0.2, -0.15) is 0 Å². The standard InChI is InChI=1S/C27H35N3O7/c1-5-37-25(34)27(36,29-19(4)31)17-30(16-18(2)3)26(35)28-23(24(32)33)15-20-11-13-22(14-12-20)21-9-7-6-8-10-21/h6-14,18,23,36H,5,15-17H2,1-4H3,(H,28,35)(H,29,31)(H,32,33). The lowest BCUT2D eigenvalue weighted by molar-refractivity contribution is -0.172. The van der Waals surface area contributed by atoms with Gasteiger partial charge in [-0.05, 0) is 29.5 Å². The highest BCUT2D eigenvalue weighted by atomic mass is 16.6. The molecule has 0 heterocycles. The number of hydrogen-bond acceptors (Lipinski definition) is 6. The Bertz CT molecular complexity index is 1070. The van der Waals surface area contributed by atoms with Crippen molar-refractivity contribution in [2.75, 3.05) is 19.7 Å². The van der Waals surface area contributed by atoms with Crippen molar-refractivity contribution in [3.05, 3.63) is 60.2 Å². The summed E-state index contributed by atoms with van der Waals surface area (Å²) >= 11 is 0. The van der Waals surface area contributed by atoms with E-state index in [0.717, 1.165) is 23.0 Å². The number of hydrogen-bond donors (Lipinski definition) is 4. The fraction of sp³-hybridized carbons (Fsp3) is 0.407. The summed E-state index contributed by atoms with van der Waals surface area (Å²) in [7, 11) is 0. The van der Waals surface area contributed by atoms with Crippen molar-refractivity contribution in [2.45, 2.75) is 45.9 Å². The van der Waals surface area contributed by atoms with Gasteiger partial charge < -0.3 is 30.5 Å². The summed E-state index contributed by atoms with van der Waals surface area (Å²) in [5, 5.41) is 25.3. The molecule has 10 heteroatoms. The lowest BCUT2D eigenvalue weighted by Crippen LogP contribution is -2.63. The SMILES string of the molecule is CCOC(=O)C(O)(CN(CC(C)C)C(=O)NC(Cc1ccc(-c2ccccc2)cc1)C(=O)O)NC(C)=O. The first-order valence-corrected chi connectivity index (χ1v) is 12.1. The van der Waals surface area contributed by atoms with E-state index in [1.807, 2.05) is 56.3 Å². The average molecular weight is 514 g/mol. The molecule has 2 aromatic rings. The van der Waals surface area contributed by atoms with Crippen molar-refractivity contribution in [1.29, 1.82) is 0 Å². The second-order valence-corrected chi connectivity index (χ2v) is 9.14. The predicted octanol–water partition coefficient (Wildman–Crippen LogP) is 2.40. The van der Waals surface area contributed by atoms with E-state index in [1.165, 1.54) is 6.92 Å². The molecular weight excluding hydrogens is 478 g/mol. The van der Waals surface area contributed by atoms with Gasteiger partial charge in [0.2, 0.25) is 5.91 Å². The van der Waals surface area contributed by atoms with Crippen LogP contribution in [0.5, 0.6) is 0 Å².